The SMILES string of the molecule is Cc1cccc(C(=O)N2CCC(CCN)CC2)c1C. The number of hydrogen-bond acceptors (Lipinski definition) is 2. The molecular formula is C16H24N2O. The van der Waals surface area contributed by atoms with Crippen molar-refractivity contribution in [1.82, 2.24) is 4.90 Å². The number of likely N-dealkylation sites (tertiary alicyclic amines) is 1. The van der Waals surface area contributed by atoms with E-state index in [1.165, 1.54) is 5.56 Å². The van der Waals surface area contributed by atoms with E-state index in [9.17, 15) is 4.79 Å². The zero-order valence-electron chi connectivity index (χ0n) is 12.0. The van der Waals surface area contributed by atoms with E-state index in [0.717, 1.165) is 50.0 Å². The van der Waals surface area contributed by atoms with Gasteiger partial charge in [-0.1, -0.05) is 12.1 Å². The van der Waals surface area contributed by atoms with E-state index < -0.39 is 0 Å². The van der Waals surface area contributed by atoms with Crippen LogP contribution >= 0.6 is 0 Å². The first-order valence-electron chi connectivity index (χ1n) is 7.19. The molecule has 3 nitrogen and oxygen atoms in total. The standard InChI is InChI=1S/C16H24N2O/c1-12-4-3-5-15(13(12)2)16(19)18-10-7-14(6-9-17)8-11-18/h3-5,14H,6-11,17H2,1-2H3. The third-order valence-electron chi connectivity index (χ3n) is 4.31. The number of carbonyl (C=O) groups excluding carboxylic acids is 1. The molecule has 1 aliphatic rings. The van der Waals surface area contributed by atoms with Crippen molar-refractivity contribution in [3.05, 3.63) is 34.9 Å². The summed E-state index contributed by atoms with van der Waals surface area (Å²) < 4.78 is 0. The minimum atomic E-state index is 0.187. The van der Waals surface area contributed by atoms with E-state index in [1.807, 2.05) is 24.0 Å². The highest BCUT2D eigenvalue weighted by Crippen LogP contribution is 2.22. The van der Waals surface area contributed by atoms with Crippen LogP contribution < -0.4 is 5.73 Å². The number of carbonyl (C=O) groups is 1. The predicted molar refractivity (Wildman–Crippen MR) is 78.2 cm³/mol. The van der Waals surface area contributed by atoms with Gasteiger partial charge in [-0.05, 0) is 62.8 Å². The quantitative estimate of drug-likeness (QED) is 0.907. The maximum Gasteiger partial charge on any atom is 0.254 e. The second kappa shape index (κ2) is 6.20. The van der Waals surface area contributed by atoms with Gasteiger partial charge in [-0.2, -0.15) is 0 Å². The Kier molecular flexibility index (Phi) is 4.59. The van der Waals surface area contributed by atoms with Crippen LogP contribution in [0.2, 0.25) is 0 Å². The lowest BCUT2D eigenvalue weighted by Crippen LogP contribution is -2.39. The summed E-state index contributed by atoms with van der Waals surface area (Å²) in [5.41, 5.74) is 8.75. The average Bonchev–Trinajstić information content (AvgIpc) is 2.42. The number of nitrogens with zero attached hydrogens (tertiary/aromatic N) is 1. The number of piperidine rings is 1. The molecule has 0 spiro atoms. The molecule has 1 aromatic carbocycles. The molecule has 0 unspecified atom stereocenters. The molecular weight excluding hydrogens is 236 g/mol. The Balaban J connectivity index is 2.03. The molecule has 0 atom stereocenters. The Bertz CT molecular complexity index is 448. The van der Waals surface area contributed by atoms with Crippen molar-refractivity contribution < 1.29 is 4.79 Å². The van der Waals surface area contributed by atoms with Gasteiger partial charge in [-0.25, -0.2) is 0 Å². The summed E-state index contributed by atoms with van der Waals surface area (Å²) in [6.07, 6.45) is 3.27. The lowest BCUT2D eigenvalue weighted by Gasteiger charge is -2.32. The van der Waals surface area contributed by atoms with Crippen molar-refractivity contribution in [3.63, 3.8) is 0 Å². The van der Waals surface area contributed by atoms with Crippen molar-refractivity contribution in [2.45, 2.75) is 33.1 Å². The van der Waals surface area contributed by atoms with E-state index in [2.05, 4.69) is 13.0 Å². The lowest BCUT2D eigenvalue weighted by molar-refractivity contribution is 0.0687. The van der Waals surface area contributed by atoms with Crippen molar-refractivity contribution in [2.75, 3.05) is 19.6 Å². The van der Waals surface area contributed by atoms with Crippen LogP contribution in [0.3, 0.4) is 0 Å². The fourth-order valence-electron chi connectivity index (χ4n) is 2.81. The van der Waals surface area contributed by atoms with Crippen LogP contribution in [0.1, 0.15) is 40.7 Å². The van der Waals surface area contributed by atoms with Gasteiger partial charge in [0.1, 0.15) is 0 Å². The topological polar surface area (TPSA) is 46.3 Å². The third kappa shape index (κ3) is 3.16. The highest BCUT2D eigenvalue weighted by molar-refractivity contribution is 5.96. The minimum Gasteiger partial charge on any atom is -0.339 e. The van der Waals surface area contributed by atoms with Gasteiger partial charge in [-0.3, -0.25) is 4.79 Å². The first-order valence-corrected chi connectivity index (χ1v) is 7.19. The molecule has 1 fully saturated rings. The summed E-state index contributed by atoms with van der Waals surface area (Å²) >= 11 is 0. The smallest absolute Gasteiger partial charge is 0.254 e. The molecule has 2 N–H and O–H groups in total. The van der Waals surface area contributed by atoms with Crippen molar-refractivity contribution in [1.29, 1.82) is 0 Å². The largest absolute Gasteiger partial charge is 0.339 e. The van der Waals surface area contributed by atoms with E-state index in [0.29, 0.717) is 5.92 Å². The summed E-state index contributed by atoms with van der Waals surface area (Å²) in [6, 6.07) is 5.97. The fourth-order valence-corrected chi connectivity index (χ4v) is 2.81. The number of hydrogen-bond donors (Lipinski definition) is 1. The number of aryl methyl sites for hydroxylation is 1. The lowest BCUT2D eigenvalue weighted by atomic mass is 9.93. The summed E-state index contributed by atoms with van der Waals surface area (Å²) in [5.74, 6) is 0.889. The van der Waals surface area contributed by atoms with E-state index >= 15 is 0 Å². The molecule has 0 saturated carbocycles. The summed E-state index contributed by atoms with van der Waals surface area (Å²) in [6.45, 7) is 6.59. The number of benzene rings is 1. The first-order chi connectivity index (χ1) is 9.13. The van der Waals surface area contributed by atoms with Crippen LogP contribution in [0, 0.1) is 19.8 Å². The molecule has 3 heteroatoms. The van der Waals surface area contributed by atoms with Gasteiger partial charge in [0.15, 0.2) is 0 Å². The van der Waals surface area contributed by atoms with E-state index in [-0.39, 0.29) is 5.91 Å². The van der Waals surface area contributed by atoms with Gasteiger partial charge in [0, 0.05) is 18.7 Å². The van der Waals surface area contributed by atoms with Gasteiger partial charge in [0.05, 0.1) is 0 Å². The third-order valence-corrected chi connectivity index (χ3v) is 4.31. The highest BCUT2D eigenvalue weighted by atomic mass is 16.2. The highest BCUT2D eigenvalue weighted by Gasteiger charge is 2.24. The molecule has 19 heavy (non-hydrogen) atoms. The first kappa shape index (κ1) is 14.1. The Morgan fingerprint density at radius 3 is 2.63 bits per heavy atom. The van der Waals surface area contributed by atoms with Crippen LogP contribution in [0.4, 0.5) is 0 Å². The van der Waals surface area contributed by atoms with Crippen molar-refractivity contribution >= 4 is 5.91 Å². The molecule has 1 saturated heterocycles. The van der Waals surface area contributed by atoms with Crippen LogP contribution in [0.15, 0.2) is 18.2 Å². The van der Waals surface area contributed by atoms with Crippen LogP contribution in [-0.2, 0) is 0 Å². The molecule has 1 aromatic rings. The second-order valence-electron chi connectivity index (χ2n) is 5.56. The molecule has 1 heterocycles. The second-order valence-corrected chi connectivity index (χ2v) is 5.56. The van der Waals surface area contributed by atoms with Gasteiger partial charge >= 0.3 is 0 Å². The Labute approximate surface area is 115 Å². The van der Waals surface area contributed by atoms with Gasteiger partial charge < -0.3 is 10.6 Å². The van der Waals surface area contributed by atoms with E-state index in [4.69, 9.17) is 5.73 Å². The number of nitrogens with two attached hydrogens (primary N) is 1. The van der Waals surface area contributed by atoms with Crippen molar-refractivity contribution in [2.24, 2.45) is 11.7 Å². The monoisotopic (exact) mass is 260 g/mol. The number of amides is 1. The zero-order valence-corrected chi connectivity index (χ0v) is 12.0. The minimum absolute atomic E-state index is 0.187. The maximum absolute atomic E-state index is 12.5. The Hall–Kier alpha value is -1.35. The van der Waals surface area contributed by atoms with Crippen LogP contribution in [0.25, 0.3) is 0 Å². The number of rotatable bonds is 3. The summed E-state index contributed by atoms with van der Waals surface area (Å²) in [7, 11) is 0. The average molecular weight is 260 g/mol. The van der Waals surface area contributed by atoms with Crippen LogP contribution in [-0.4, -0.2) is 30.4 Å². The van der Waals surface area contributed by atoms with E-state index in [1.54, 1.807) is 0 Å². The Morgan fingerprint density at radius 1 is 1.32 bits per heavy atom. The Morgan fingerprint density at radius 2 is 2.00 bits per heavy atom. The summed E-state index contributed by atoms with van der Waals surface area (Å²) in [5, 5.41) is 0. The predicted octanol–water partition coefficient (Wildman–Crippen LogP) is 2.50. The summed E-state index contributed by atoms with van der Waals surface area (Å²) in [4.78, 5) is 14.5. The molecule has 0 aromatic heterocycles. The molecule has 0 bridgehead atoms. The normalized spacial score (nSPS) is 16.7. The van der Waals surface area contributed by atoms with Crippen molar-refractivity contribution in [3.8, 4) is 0 Å². The molecule has 1 amide bonds. The van der Waals surface area contributed by atoms with Crippen LogP contribution in [0.5, 0.6) is 0 Å². The zero-order chi connectivity index (χ0) is 13.8. The molecule has 0 aliphatic carbocycles. The fraction of sp³-hybridized carbons (Fsp3) is 0.562. The molecule has 104 valence electrons. The molecule has 0 radical (unpaired) electrons. The molecule has 1 aliphatic heterocycles. The van der Waals surface area contributed by atoms with Gasteiger partial charge in [0.2, 0.25) is 0 Å². The van der Waals surface area contributed by atoms with Gasteiger partial charge in [-0.15, -0.1) is 0 Å². The maximum atomic E-state index is 12.5. The molecule has 2 rings (SSSR count). The van der Waals surface area contributed by atoms with Gasteiger partial charge in [0.25, 0.3) is 5.91 Å².